The van der Waals surface area contributed by atoms with Crippen molar-refractivity contribution in [1.29, 1.82) is 0 Å². The van der Waals surface area contributed by atoms with E-state index in [1.807, 2.05) is 37.3 Å². The molecule has 5 rings (SSSR count). The predicted molar refractivity (Wildman–Crippen MR) is 122 cm³/mol. The third kappa shape index (κ3) is 3.08. The van der Waals surface area contributed by atoms with Gasteiger partial charge in [-0.1, -0.05) is 41.9 Å². The molecule has 6 nitrogen and oxygen atoms in total. The second kappa shape index (κ2) is 7.66. The lowest BCUT2D eigenvalue weighted by Gasteiger charge is -2.21. The number of carbonyl (C=O) groups excluding carboxylic acids is 2. The van der Waals surface area contributed by atoms with E-state index >= 15 is 0 Å². The lowest BCUT2D eigenvalue weighted by atomic mass is 10.1. The van der Waals surface area contributed by atoms with E-state index in [1.54, 1.807) is 36.4 Å². The van der Waals surface area contributed by atoms with Crippen molar-refractivity contribution < 1.29 is 19.1 Å². The van der Waals surface area contributed by atoms with E-state index in [0.29, 0.717) is 39.3 Å². The van der Waals surface area contributed by atoms with Gasteiger partial charge in [-0.15, -0.1) is 0 Å². The maximum Gasteiger partial charge on any atom is 0.266 e. The molecule has 1 aliphatic heterocycles. The number of ether oxygens (including phenoxy) is 2. The number of amides is 2. The Kier molecular flexibility index (Phi) is 4.79. The minimum atomic E-state index is -0.426. The fraction of sp³-hybridized carbons (Fsp3) is 0.0800. The summed E-state index contributed by atoms with van der Waals surface area (Å²) in [5.74, 6) is 0.543. The van der Waals surface area contributed by atoms with Crippen LogP contribution in [-0.2, 0) is 0 Å². The number of hydrogen-bond acceptors (Lipinski definition) is 5. The predicted octanol–water partition coefficient (Wildman–Crippen LogP) is 5.80. The molecule has 0 atom stereocenters. The fourth-order valence-corrected chi connectivity index (χ4v) is 4.17. The van der Waals surface area contributed by atoms with Gasteiger partial charge in [0.2, 0.25) is 0 Å². The van der Waals surface area contributed by atoms with Crippen LogP contribution >= 0.6 is 11.6 Å². The zero-order valence-electron chi connectivity index (χ0n) is 17.3. The highest BCUT2D eigenvalue weighted by atomic mass is 35.5. The molecule has 0 saturated carbocycles. The molecule has 0 unspecified atom stereocenters. The van der Waals surface area contributed by atoms with Crippen molar-refractivity contribution in [2.24, 2.45) is 0 Å². The van der Waals surface area contributed by atoms with Crippen LogP contribution in [0.3, 0.4) is 0 Å². The second-order valence-electron chi connectivity index (χ2n) is 7.32. The monoisotopic (exact) mass is 444 g/mol. The van der Waals surface area contributed by atoms with Gasteiger partial charge in [-0.3, -0.25) is 9.59 Å². The third-order valence-corrected chi connectivity index (χ3v) is 5.56. The summed E-state index contributed by atoms with van der Waals surface area (Å²) in [6.45, 7) is 1.86. The molecule has 2 amide bonds. The Labute approximate surface area is 189 Å². The molecule has 1 aromatic heterocycles. The van der Waals surface area contributed by atoms with Crippen LogP contribution < -0.4 is 14.4 Å². The van der Waals surface area contributed by atoms with Crippen molar-refractivity contribution in [1.82, 2.24) is 4.98 Å². The number of nitrogens with zero attached hydrogens (tertiary/aromatic N) is 2. The number of aryl methyl sites for hydroxylation is 1. The quantitative estimate of drug-likeness (QED) is 0.294. The van der Waals surface area contributed by atoms with E-state index in [4.69, 9.17) is 21.1 Å². The summed E-state index contributed by atoms with van der Waals surface area (Å²) < 4.78 is 11.8. The van der Waals surface area contributed by atoms with Crippen molar-refractivity contribution in [2.45, 2.75) is 6.92 Å². The van der Waals surface area contributed by atoms with Gasteiger partial charge < -0.3 is 9.47 Å². The van der Waals surface area contributed by atoms with Gasteiger partial charge in [0.15, 0.2) is 11.5 Å². The Morgan fingerprint density at radius 2 is 1.53 bits per heavy atom. The molecule has 0 fully saturated rings. The van der Waals surface area contributed by atoms with E-state index in [1.165, 1.54) is 7.11 Å². The van der Waals surface area contributed by atoms with Crippen molar-refractivity contribution in [3.63, 3.8) is 0 Å². The number of halogens is 1. The summed E-state index contributed by atoms with van der Waals surface area (Å²) in [5, 5.41) is 0.841. The molecule has 0 N–H and O–H groups in total. The molecule has 0 spiro atoms. The molecule has 0 aliphatic carbocycles. The number of rotatable bonds is 4. The molecule has 1 aliphatic rings. The highest BCUT2D eigenvalue weighted by Crippen LogP contribution is 2.46. The summed E-state index contributed by atoms with van der Waals surface area (Å²) in [6, 6.07) is 19.3. The fourth-order valence-electron chi connectivity index (χ4n) is 3.92. The Bertz CT molecular complexity index is 1370. The summed E-state index contributed by atoms with van der Waals surface area (Å²) in [6.07, 6.45) is 0. The molecule has 0 bridgehead atoms. The maximum atomic E-state index is 13.2. The van der Waals surface area contributed by atoms with Gasteiger partial charge in [0.1, 0.15) is 16.4 Å². The number of imide groups is 1. The van der Waals surface area contributed by atoms with E-state index < -0.39 is 11.8 Å². The van der Waals surface area contributed by atoms with Gasteiger partial charge in [-0.05, 0) is 42.8 Å². The first-order valence-corrected chi connectivity index (χ1v) is 10.3. The molecule has 158 valence electrons. The van der Waals surface area contributed by atoms with Crippen LogP contribution in [0.4, 0.5) is 5.69 Å². The number of carbonyl (C=O) groups is 2. The normalized spacial score (nSPS) is 12.9. The van der Waals surface area contributed by atoms with Gasteiger partial charge in [-0.2, -0.15) is 0 Å². The van der Waals surface area contributed by atoms with Crippen LogP contribution in [0.5, 0.6) is 17.2 Å². The first-order valence-electron chi connectivity index (χ1n) is 9.88. The Balaban J connectivity index is 1.78. The summed E-state index contributed by atoms with van der Waals surface area (Å²) in [4.78, 5) is 31.9. The molecular weight excluding hydrogens is 428 g/mol. The summed E-state index contributed by atoms with van der Waals surface area (Å²) >= 11 is 6.28. The third-order valence-electron chi connectivity index (χ3n) is 5.36. The average molecular weight is 445 g/mol. The van der Waals surface area contributed by atoms with Crippen LogP contribution in [0.15, 0.2) is 66.7 Å². The second-order valence-corrected chi connectivity index (χ2v) is 7.71. The highest BCUT2D eigenvalue weighted by molar-refractivity contribution is 6.36. The standard InChI is InChI=1S/C25H17ClN2O4/c1-14-12-20(26)27-22-18(28-24(29)16-10-6-7-11-17(16)25(28)30)13-19(31-2)23(21(14)22)32-15-8-4-3-5-9-15/h3-13H,1-2H3. The van der Waals surface area contributed by atoms with Crippen LogP contribution in [0, 0.1) is 6.92 Å². The molecule has 2 heterocycles. The molecule has 3 aromatic carbocycles. The molecule has 0 saturated heterocycles. The van der Waals surface area contributed by atoms with Crippen LogP contribution in [0.25, 0.3) is 10.9 Å². The average Bonchev–Trinajstić information content (AvgIpc) is 3.05. The molecular formula is C25H17ClN2O4. The van der Waals surface area contributed by atoms with Gasteiger partial charge in [0.05, 0.1) is 29.3 Å². The highest BCUT2D eigenvalue weighted by Gasteiger charge is 2.38. The number of benzene rings is 3. The van der Waals surface area contributed by atoms with Gasteiger partial charge in [-0.25, -0.2) is 9.88 Å². The topological polar surface area (TPSA) is 68.7 Å². The molecule has 7 heteroatoms. The molecule has 0 radical (unpaired) electrons. The van der Waals surface area contributed by atoms with Crippen LogP contribution in [0.1, 0.15) is 26.3 Å². The number of methoxy groups -OCH3 is 1. The van der Waals surface area contributed by atoms with Crippen molar-refractivity contribution in [2.75, 3.05) is 12.0 Å². The number of anilines is 1. The number of fused-ring (bicyclic) bond motifs is 2. The van der Waals surface area contributed by atoms with E-state index in [9.17, 15) is 9.59 Å². The maximum absolute atomic E-state index is 13.2. The van der Waals surface area contributed by atoms with Crippen LogP contribution in [0.2, 0.25) is 5.15 Å². The minimum Gasteiger partial charge on any atom is -0.493 e. The lowest BCUT2D eigenvalue weighted by Crippen LogP contribution is -2.29. The SMILES string of the molecule is COc1cc(N2C(=O)c3ccccc3C2=O)c2nc(Cl)cc(C)c2c1Oc1ccccc1. The first-order chi connectivity index (χ1) is 15.5. The zero-order valence-corrected chi connectivity index (χ0v) is 18.0. The molecule has 32 heavy (non-hydrogen) atoms. The van der Waals surface area contributed by atoms with E-state index in [-0.39, 0.29) is 10.8 Å². The number of hydrogen-bond donors (Lipinski definition) is 0. The Morgan fingerprint density at radius 1 is 0.906 bits per heavy atom. The Hall–Kier alpha value is -3.90. The summed E-state index contributed by atoms with van der Waals surface area (Å²) in [7, 11) is 1.50. The summed E-state index contributed by atoms with van der Waals surface area (Å²) in [5.41, 5.74) is 2.11. The van der Waals surface area contributed by atoms with Crippen molar-refractivity contribution in [3.05, 3.63) is 88.6 Å². The van der Waals surface area contributed by atoms with Crippen LogP contribution in [-0.4, -0.2) is 23.9 Å². The minimum absolute atomic E-state index is 0.240. The number of aromatic nitrogens is 1. The lowest BCUT2D eigenvalue weighted by molar-refractivity contribution is 0.0926. The molecule has 4 aromatic rings. The van der Waals surface area contributed by atoms with Gasteiger partial charge >= 0.3 is 0 Å². The van der Waals surface area contributed by atoms with Crippen molar-refractivity contribution >= 4 is 40.0 Å². The first kappa shape index (κ1) is 20.0. The van der Waals surface area contributed by atoms with Gasteiger partial charge in [0, 0.05) is 6.07 Å². The largest absolute Gasteiger partial charge is 0.493 e. The number of para-hydroxylation sites is 1. The van der Waals surface area contributed by atoms with Gasteiger partial charge in [0.25, 0.3) is 11.8 Å². The number of pyridine rings is 1. The smallest absolute Gasteiger partial charge is 0.266 e. The zero-order chi connectivity index (χ0) is 22.4. The van der Waals surface area contributed by atoms with E-state index in [0.717, 1.165) is 10.5 Å². The van der Waals surface area contributed by atoms with Crippen molar-refractivity contribution in [3.8, 4) is 17.2 Å². The Morgan fingerprint density at radius 3 is 2.16 bits per heavy atom. The van der Waals surface area contributed by atoms with E-state index in [2.05, 4.69) is 4.98 Å².